The lowest BCUT2D eigenvalue weighted by atomic mass is 10.2. The smallest absolute Gasteiger partial charge is 0.322 e. The summed E-state index contributed by atoms with van der Waals surface area (Å²) < 4.78 is 13.3. The summed E-state index contributed by atoms with van der Waals surface area (Å²) >= 11 is 7.61. The number of aryl methyl sites for hydroxylation is 1. The molecule has 0 bridgehead atoms. The molecule has 1 aromatic heterocycles. The van der Waals surface area contributed by atoms with E-state index >= 15 is 0 Å². The molecule has 33 heavy (non-hydrogen) atoms. The predicted octanol–water partition coefficient (Wildman–Crippen LogP) is 6.10. The van der Waals surface area contributed by atoms with Crippen molar-refractivity contribution in [2.75, 3.05) is 18.4 Å². The molecule has 1 heterocycles. The number of anilines is 1. The van der Waals surface area contributed by atoms with Crippen molar-refractivity contribution in [3.63, 3.8) is 0 Å². The van der Waals surface area contributed by atoms with Crippen molar-refractivity contribution in [3.05, 3.63) is 99.5 Å². The Labute approximate surface area is 202 Å². The normalized spacial score (nSPS) is 10.5. The molecule has 3 rings (SSSR count). The highest BCUT2D eigenvalue weighted by Crippen LogP contribution is 2.20. The van der Waals surface area contributed by atoms with Gasteiger partial charge in [0, 0.05) is 33.6 Å². The summed E-state index contributed by atoms with van der Waals surface area (Å²) in [5.74, 6) is -0.561. The number of halogens is 2. The highest BCUT2D eigenvalue weighted by Gasteiger charge is 2.22. The Balaban J connectivity index is 1.75. The second kappa shape index (κ2) is 11.6. The van der Waals surface area contributed by atoms with Crippen LogP contribution in [0, 0.1) is 12.7 Å². The Kier molecular flexibility index (Phi) is 8.63. The number of amides is 3. The van der Waals surface area contributed by atoms with Crippen LogP contribution in [0.4, 0.5) is 14.9 Å². The summed E-state index contributed by atoms with van der Waals surface area (Å²) in [7, 11) is 0. The SMILES string of the molecule is C=CCN(CC(=O)N(Cc1ccc(F)cc1)Cc1ccc(C)s1)C(=O)Nc1cccc(Cl)c1. The summed E-state index contributed by atoms with van der Waals surface area (Å²) in [6.45, 7) is 6.46. The Morgan fingerprint density at radius 3 is 2.48 bits per heavy atom. The zero-order chi connectivity index (χ0) is 23.8. The zero-order valence-electron chi connectivity index (χ0n) is 18.3. The number of hydrogen-bond acceptors (Lipinski definition) is 3. The second-order valence-corrected chi connectivity index (χ2v) is 9.31. The number of carbonyl (C=O) groups is 2. The zero-order valence-corrected chi connectivity index (χ0v) is 19.8. The maximum Gasteiger partial charge on any atom is 0.322 e. The summed E-state index contributed by atoms with van der Waals surface area (Å²) in [6.07, 6.45) is 1.57. The molecule has 172 valence electrons. The molecule has 0 atom stereocenters. The maximum absolute atomic E-state index is 13.3. The van der Waals surface area contributed by atoms with Crippen LogP contribution in [0.5, 0.6) is 0 Å². The van der Waals surface area contributed by atoms with Gasteiger partial charge in [-0.2, -0.15) is 0 Å². The minimum Gasteiger partial charge on any atom is -0.332 e. The fourth-order valence-corrected chi connectivity index (χ4v) is 4.30. The Morgan fingerprint density at radius 1 is 1.09 bits per heavy atom. The van der Waals surface area contributed by atoms with Crippen LogP contribution in [0.15, 0.2) is 73.3 Å². The van der Waals surface area contributed by atoms with Crippen molar-refractivity contribution in [2.45, 2.75) is 20.0 Å². The number of carbonyl (C=O) groups excluding carboxylic acids is 2. The van der Waals surface area contributed by atoms with Crippen LogP contribution in [0.1, 0.15) is 15.3 Å². The first kappa shape index (κ1) is 24.5. The lowest BCUT2D eigenvalue weighted by Crippen LogP contribution is -2.44. The van der Waals surface area contributed by atoms with Gasteiger partial charge in [-0.3, -0.25) is 4.79 Å². The summed E-state index contributed by atoms with van der Waals surface area (Å²) in [5, 5.41) is 3.26. The van der Waals surface area contributed by atoms with Gasteiger partial charge in [0.25, 0.3) is 0 Å². The van der Waals surface area contributed by atoms with Gasteiger partial charge in [-0.15, -0.1) is 17.9 Å². The van der Waals surface area contributed by atoms with Crippen molar-refractivity contribution < 1.29 is 14.0 Å². The number of urea groups is 1. The van der Waals surface area contributed by atoms with Gasteiger partial charge in [0.15, 0.2) is 0 Å². The molecule has 2 aromatic carbocycles. The van der Waals surface area contributed by atoms with Gasteiger partial charge in [-0.25, -0.2) is 9.18 Å². The highest BCUT2D eigenvalue weighted by atomic mass is 35.5. The minimum atomic E-state index is -0.431. The van der Waals surface area contributed by atoms with Crippen LogP contribution in [-0.2, 0) is 17.9 Å². The third-order valence-corrected chi connectivity index (χ3v) is 6.04. The van der Waals surface area contributed by atoms with Crippen LogP contribution < -0.4 is 5.32 Å². The van der Waals surface area contributed by atoms with Crippen LogP contribution in [0.3, 0.4) is 0 Å². The van der Waals surface area contributed by atoms with Gasteiger partial charge in [0.2, 0.25) is 5.91 Å². The van der Waals surface area contributed by atoms with E-state index in [0.717, 1.165) is 15.3 Å². The van der Waals surface area contributed by atoms with E-state index in [-0.39, 0.29) is 24.8 Å². The van der Waals surface area contributed by atoms with Gasteiger partial charge >= 0.3 is 6.03 Å². The van der Waals surface area contributed by atoms with Crippen molar-refractivity contribution >= 4 is 40.6 Å². The lowest BCUT2D eigenvalue weighted by Gasteiger charge is -2.27. The van der Waals surface area contributed by atoms with E-state index < -0.39 is 6.03 Å². The average Bonchev–Trinajstić information content (AvgIpc) is 3.19. The van der Waals surface area contributed by atoms with E-state index in [0.29, 0.717) is 23.8 Å². The van der Waals surface area contributed by atoms with E-state index in [1.165, 1.54) is 17.0 Å². The molecule has 0 unspecified atom stereocenters. The number of benzene rings is 2. The predicted molar refractivity (Wildman–Crippen MR) is 132 cm³/mol. The van der Waals surface area contributed by atoms with Gasteiger partial charge in [-0.1, -0.05) is 35.9 Å². The fraction of sp³-hybridized carbons (Fsp3) is 0.200. The van der Waals surface area contributed by atoms with E-state index in [1.807, 2.05) is 19.1 Å². The van der Waals surface area contributed by atoms with Gasteiger partial charge < -0.3 is 15.1 Å². The number of hydrogen-bond donors (Lipinski definition) is 1. The van der Waals surface area contributed by atoms with E-state index in [9.17, 15) is 14.0 Å². The van der Waals surface area contributed by atoms with Crippen molar-refractivity contribution in [1.29, 1.82) is 0 Å². The molecule has 5 nitrogen and oxygen atoms in total. The van der Waals surface area contributed by atoms with E-state index in [4.69, 9.17) is 11.6 Å². The topological polar surface area (TPSA) is 52.7 Å². The lowest BCUT2D eigenvalue weighted by molar-refractivity contribution is -0.132. The molecule has 0 aliphatic carbocycles. The molecule has 3 aromatic rings. The number of nitrogens with one attached hydrogen (secondary N) is 1. The Bertz CT molecular complexity index is 1120. The molecule has 0 aliphatic heterocycles. The quantitative estimate of drug-likeness (QED) is 0.372. The molecule has 3 amide bonds. The second-order valence-electron chi connectivity index (χ2n) is 7.50. The van der Waals surface area contributed by atoms with Crippen molar-refractivity contribution in [3.8, 4) is 0 Å². The number of thiophene rings is 1. The van der Waals surface area contributed by atoms with Gasteiger partial charge in [0.05, 0.1) is 6.54 Å². The van der Waals surface area contributed by atoms with Crippen molar-refractivity contribution in [1.82, 2.24) is 9.80 Å². The molecule has 0 spiro atoms. The van der Waals surface area contributed by atoms with Crippen LogP contribution in [0.2, 0.25) is 5.02 Å². The molecule has 0 fully saturated rings. The molecular weight excluding hydrogens is 461 g/mol. The maximum atomic E-state index is 13.3. The third-order valence-electron chi connectivity index (χ3n) is 4.82. The van der Waals surface area contributed by atoms with E-state index in [2.05, 4.69) is 11.9 Å². The number of rotatable bonds is 9. The molecule has 0 saturated carbocycles. The fourth-order valence-electron chi connectivity index (χ4n) is 3.21. The average molecular weight is 486 g/mol. The molecule has 1 N–H and O–H groups in total. The third kappa shape index (κ3) is 7.44. The van der Waals surface area contributed by atoms with E-state index in [1.54, 1.807) is 58.7 Å². The first-order chi connectivity index (χ1) is 15.8. The molecule has 0 radical (unpaired) electrons. The van der Waals surface area contributed by atoms with Crippen LogP contribution in [0.25, 0.3) is 0 Å². The first-order valence-corrected chi connectivity index (χ1v) is 11.5. The number of nitrogens with zero attached hydrogens (tertiary/aromatic N) is 2. The first-order valence-electron chi connectivity index (χ1n) is 10.3. The summed E-state index contributed by atoms with van der Waals surface area (Å²) in [5.41, 5.74) is 1.34. The Hall–Kier alpha value is -3.16. The monoisotopic (exact) mass is 485 g/mol. The summed E-state index contributed by atoms with van der Waals surface area (Å²) in [6, 6.07) is 16.4. The largest absolute Gasteiger partial charge is 0.332 e. The van der Waals surface area contributed by atoms with Gasteiger partial charge in [0.1, 0.15) is 12.4 Å². The van der Waals surface area contributed by atoms with Crippen LogP contribution in [-0.4, -0.2) is 34.8 Å². The molecule has 8 heteroatoms. The van der Waals surface area contributed by atoms with Crippen molar-refractivity contribution in [2.24, 2.45) is 0 Å². The highest BCUT2D eigenvalue weighted by molar-refractivity contribution is 7.11. The standard InChI is InChI=1S/C25H25ClFN3O2S/c1-3-13-29(25(32)28-22-6-4-5-20(26)14-22)17-24(31)30(16-23-12-7-18(2)33-23)15-19-8-10-21(27)11-9-19/h3-12,14H,1,13,15-17H2,2H3,(H,28,32). The summed E-state index contributed by atoms with van der Waals surface area (Å²) in [4.78, 5) is 31.4. The van der Waals surface area contributed by atoms with Gasteiger partial charge in [-0.05, 0) is 55.0 Å². The molecule has 0 aliphatic rings. The van der Waals surface area contributed by atoms with Crippen LogP contribution >= 0.6 is 22.9 Å². The molecule has 0 saturated heterocycles. The minimum absolute atomic E-state index is 0.135. The Morgan fingerprint density at radius 2 is 1.85 bits per heavy atom. The molecular formula is C25H25ClFN3O2S.